The molecule has 1 atom stereocenters. The van der Waals surface area contributed by atoms with E-state index in [1.165, 1.54) is 12.1 Å². The molecule has 0 bridgehead atoms. The Morgan fingerprint density at radius 1 is 1.00 bits per heavy atom. The van der Waals surface area contributed by atoms with Crippen LogP contribution >= 0.6 is 0 Å². The Morgan fingerprint density at radius 3 is 2.43 bits per heavy atom. The first-order valence-corrected chi connectivity index (χ1v) is 7.17. The van der Waals surface area contributed by atoms with Crippen molar-refractivity contribution >= 4 is 0 Å². The van der Waals surface area contributed by atoms with E-state index in [-0.39, 0.29) is 12.0 Å². The average molecular weight is 290 g/mol. The number of aliphatic hydroxyl groups excluding tert-OH is 1. The van der Waals surface area contributed by atoms with Gasteiger partial charge in [0.05, 0.1) is 6.10 Å². The standard InChI is InChI=1S/C18H20F2O/c1-12(2)9-13-5-3-6-14(10-13)17(21)11-15-7-4-8-16(19)18(15)20/h3-8,10,12,17,21H,9,11H2,1-2H3. The van der Waals surface area contributed by atoms with Gasteiger partial charge >= 0.3 is 0 Å². The zero-order valence-corrected chi connectivity index (χ0v) is 12.3. The van der Waals surface area contributed by atoms with Gasteiger partial charge in [0.25, 0.3) is 0 Å². The minimum absolute atomic E-state index is 0.0642. The molecule has 0 saturated heterocycles. The molecule has 0 amide bonds. The maximum absolute atomic E-state index is 13.6. The smallest absolute Gasteiger partial charge is 0.162 e. The van der Waals surface area contributed by atoms with Crippen LogP contribution in [0.3, 0.4) is 0 Å². The van der Waals surface area contributed by atoms with E-state index in [0.29, 0.717) is 5.92 Å². The minimum Gasteiger partial charge on any atom is -0.388 e. The molecule has 1 unspecified atom stereocenters. The van der Waals surface area contributed by atoms with Crippen molar-refractivity contribution in [1.29, 1.82) is 0 Å². The Hall–Kier alpha value is -1.74. The summed E-state index contributed by atoms with van der Waals surface area (Å²) < 4.78 is 26.8. The molecule has 0 saturated carbocycles. The molecule has 2 aromatic rings. The fourth-order valence-electron chi connectivity index (χ4n) is 2.43. The molecule has 0 spiro atoms. The second-order valence-corrected chi connectivity index (χ2v) is 5.78. The lowest BCUT2D eigenvalue weighted by Crippen LogP contribution is -2.05. The molecule has 0 aliphatic rings. The van der Waals surface area contributed by atoms with Crippen molar-refractivity contribution in [2.45, 2.75) is 32.8 Å². The molecule has 21 heavy (non-hydrogen) atoms. The van der Waals surface area contributed by atoms with Crippen molar-refractivity contribution in [3.05, 3.63) is 70.8 Å². The van der Waals surface area contributed by atoms with Gasteiger partial charge in [0.1, 0.15) is 0 Å². The number of halogens is 2. The Bertz CT molecular complexity index is 608. The van der Waals surface area contributed by atoms with Gasteiger partial charge in [0.15, 0.2) is 11.6 Å². The molecule has 1 nitrogen and oxygen atoms in total. The SMILES string of the molecule is CC(C)Cc1cccc(C(O)Cc2cccc(F)c2F)c1. The predicted molar refractivity (Wildman–Crippen MR) is 80.0 cm³/mol. The highest BCUT2D eigenvalue weighted by atomic mass is 19.2. The molecular formula is C18H20F2O. The Labute approximate surface area is 124 Å². The summed E-state index contributed by atoms with van der Waals surface area (Å²) in [6.07, 6.45) is 0.150. The predicted octanol–water partition coefficient (Wildman–Crippen LogP) is 4.44. The summed E-state index contributed by atoms with van der Waals surface area (Å²) in [5, 5.41) is 10.3. The normalized spacial score (nSPS) is 12.7. The van der Waals surface area contributed by atoms with Crippen LogP contribution < -0.4 is 0 Å². The van der Waals surface area contributed by atoms with Crippen LogP contribution in [-0.2, 0) is 12.8 Å². The van der Waals surface area contributed by atoms with Gasteiger partial charge in [-0.15, -0.1) is 0 Å². The van der Waals surface area contributed by atoms with Crippen LogP contribution in [0.1, 0.15) is 36.6 Å². The van der Waals surface area contributed by atoms with E-state index in [0.717, 1.165) is 23.6 Å². The Balaban J connectivity index is 2.16. The van der Waals surface area contributed by atoms with Gasteiger partial charge in [-0.05, 0) is 35.1 Å². The first-order chi connectivity index (χ1) is 9.97. The maximum Gasteiger partial charge on any atom is 0.162 e. The molecule has 0 radical (unpaired) electrons. The third-order valence-corrected chi connectivity index (χ3v) is 3.42. The molecule has 2 rings (SSSR count). The summed E-state index contributed by atoms with van der Waals surface area (Å²) in [6.45, 7) is 4.26. The van der Waals surface area contributed by atoms with E-state index in [1.807, 2.05) is 24.3 Å². The van der Waals surface area contributed by atoms with E-state index in [4.69, 9.17) is 0 Å². The van der Waals surface area contributed by atoms with Crippen LogP contribution in [0.2, 0.25) is 0 Å². The van der Waals surface area contributed by atoms with E-state index in [1.54, 1.807) is 0 Å². The summed E-state index contributed by atoms with van der Waals surface area (Å²) in [7, 11) is 0. The number of hydrogen-bond acceptors (Lipinski definition) is 1. The summed E-state index contributed by atoms with van der Waals surface area (Å²) >= 11 is 0. The zero-order valence-electron chi connectivity index (χ0n) is 12.3. The Morgan fingerprint density at radius 2 is 1.71 bits per heavy atom. The van der Waals surface area contributed by atoms with Crippen LogP contribution in [0.25, 0.3) is 0 Å². The highest BCUT2D eigenvalue weighted by Crippen LogP contribution is 2.22. The van der Waals surface area contributed by atoms with Crippen molar-refractivity contribution in [3.63, 3.8) is 0 Å². The molecule has 0 aromatic heterocycles. The molecular weight excluding hydrogens is 270 g/mol. The van der Waals surface area contributed by atoms with E-state index in [9.17, 15) is 13.9 Å². The molecule has 1 N–H and O–H groups in total. The largest absolute Gasteiger partial charge is 0.388 e. The van der Waals surface area contributed by atoms with Gasteiger partial charge in [-0.2, -0.15) is 0 Å². The van der Waals surface area contributed by atoms with Crippen molar-refractivity contribution in [2.24, 2.45) is 5.92 Å². The molecule has 0 fully saturated rings. The second-order valence-electron chi connectivity index (χ2n) is 5.78. The van der Waals surface area contributed by atoms with Crippen molar-refractivity contribution in [1.82, 2.24) is 0 Å². The fourth-order valence-corrected chi connectivity index (χ4v) is 2.43. The zero-order chi connectivity index (χ0) is 15.4. The number of rotatable bonds is 5. The number of hydrogen-bond donors (Lipinski definition) is 1. The second kappa shape index (κ2) is 6.81. The van der Waals surface area contributed by atoms with Crippen LogP contribution in [-0.4, -0.2) is 5.11 Å². The molecule has 0 aliphatic carbocycles. The van der Waals surface area contributed by atoms with Gasteiger partial charge in [0.2, 0.25) is 0 Å². The first kappa shape index (κ1) is 15.6. The summed E-state index contributed by atoms with van der Waals surface area (Å²) in [6, 6.07) is 11.7. The minimum atomic E-state index is -0.881. The van der Waals surface area contributed by atoms with Gasteiger partial charge in [-0.3, -0.25) is 0 Å². The molecule has 112 valence electrons. The average Bonchev–Trinajstić information content (AvgIpc) is 2.43. The van der Waals surface area contributed by atoms with Gasteiger partial charge in [-0.25, -0.2) is 8.78 Å². The lowest BCUT2D eigenvalue weighted by molar-refractivity contribution is 0.176. The molecule has 2 aromatic carbocycles. The van der Waals surface area contributed by atoms with E-state index >= 15 is 0 Å². The van der Waals surface area contributed by atoms with Crippen LogP contribution in [0.4, 0.5) is 8.78 Å². The first-order valence-electron chi connectivity index (χ1n) is 7.17. The van der Waals surface area contributed by atoms with Crippen LogP contribution in [0.15, 0.2) is 42.5 Å². The van der Waals surface area contributed by atoms with Gasteiger partial charge in [0, 0.05) is 6.42 Å². The van der Waals surface area contributed by atoms with E-state index < -0.39 is 17.7 Å². The topological polar surface area (TPSA) is 20.2 Å². The fraction of sp³-hybridized carbons (Fsp3) is 0.333. The monoisotopic (exact) mass is 290 g/mol. The summed E-state index contributed by atoms with van der Waals surface area (Å²) in [5.41, 5.74) is 2.06. The highest BCUT2D eigenvalue weighted by Gasteiger charge is 2.14. The number of benzene rings is 2. The summed E-state index contributed by atoms with van der Waals surface area (Å²) in [4.78, 5) is 0. The van der Waals surface area contributed by atoms with Gasteiger partial charge in [-0.1, -0.05) is 50.2 Å². The van der Waals surface area contributed by atoms with Crippen molar-refractivity contribution in [3.8, 4) is 0 Å². The van der Waals surface area contributed by atoms with Crippen molar-refractivity contribution in [2.75, 3.05) is 0 Å². The lowest BCUT2D eigenvalue weighted by Gasteiger charge is -2.14. The van der Waals surface area contributed by atoms with Gasteiger partial charge < -0.3 is 5.11 Å². The maximum atomic E-state index is 13.6. The molecule has 0 heterocycles. The third-order valence-electron chi connectivity index (χ3n) is 3.42. The number of aliphatic hydroxyl groups is 1. The molecule has 0 aliphatic heterocycles. The highest BCUT2D eigenvalue weighted by molar-refractivity contribution is 5.28. The summed E-state index contributed by atoms with van der Waals surface area (Å²) in [5.74, 6) is -1.23. The quantitative estimate of drug-likeness (QED) is 0.863. The molecule has 3 heteroatoms. The van der Waals surface area contributed by atoms with Crippen LogP contribution in [0.5, 0.6) is 0 Å². The lowest BCUT2D eigenvalue weighted by atomic mass is 9.96. The van der Waals surface area contributed by atoms with Crippen molar-refractivity contribution < 1.29 is 13.9 Å². The van der Waals surface area contributed by atoms with E-state index in [2.05, 4.69) is 13.8 Å². The Kier molecular flexibility index (Phi) is 5.07. The third kappa shape index (κ3) is 4.11. The van der Waals surface area contributed by atoms with Crippen LogP contribution in [0, 0.1) is 17.6 Å².